The van der Waals surface area contributed by atoms with Crippen molar-refractivity contribution in [2.75, 3.05) is 5.32 Å². The lowest BCUT2D eigenvalue weighted by atomic mass is 10.3. The number of rotatable bonds is 4. The van der Waals surface area contributed by atoms with Crippen LogP contribution in [0.3, 0.4) is 0 Å². The number of anilines is 1. The highest BCUT2D eigenvalue weighted by molar-refractivity contribution is 9.10. The average molecular weight is 309 g/mol. The molecule has 96 valence electrons. The second-order valence-corrected chi connectivity index (χ2v) is 5.36. The summed E-state index contributed by atoms with van der Waals surface area (Å²) < 4.78 is 2.82. The number of halogens is 1. The highest BCUT2D eigenvalue weighted by atomic mass is 79.9. The fraction of sp³-hybridized carbons (Fsp3) is 0.385. The van der Waals surface area contributed by atoms with Gasteiger partial charge in [-0.05, 0) is 48.8 Å². The first kappa shape index (κ1) is 13.1. The first-order chi connectivity index (χ1) is 8.56. The molecule has 0 fully saturated rings. The first-order valence-corrected chi connectivity index (χ1v) is 6.75. The van der Waals surface area contributed by atoms with Gasteiger partial charge in [0.15, 0.2) is 0 Å². The fourth-order valence-electron chi connectivity index (χ4n) is 1.67. The van der Waals surface area contributed by atoms with Gasteiger partial charge in [-0.1, -0.05) is 0 Å². The molecule has 0 aromatic carbocycles. The number of pyridine rings is 1. The van der Waals surface area contributed by atoms with Crippen LogP contribution in [-0.2, 0) is 6.54 Å². The van der Waals surface area contributed by atoms with Gasteiger partial charge in [0.1, 0.15) is 4.60 Å². The maximum Gasteiger partial charge on any atom is 0.106 e. The molecule has 0 saturated carbocycles. The molecule has 0 spiro atoms. The molecule has 2 aromatic rings. The number of nitrogens with zero attached hydrogens (tertiary/aromatic N) is 3. The van der Waals surface area contributed by atoms with E-state index in [0.29, 0.717) is 6.04 Å². The van der Waals surface area contributed by atoms with Crippen molar-refractivity contribution in [2.24, 2.45) is 0 Å². The average Bonchev–Trinajstić information content (AvgIpc) is 2.76. The SMILES string of the molecule is Cc1nc(Br)ccc1NCc1cnn(C(C)C)c1. The quantitative estimate of drug-likeness (QED) is 0.878. The molecule has 0 amide bonds. The van der Waals surface area contributed by atoms with Gasteiger partial charge in [-0.3, -0.25) is 4.68 Å². The van der Waals surface area contributed by atoms with Crippen molar-refractivity contribution in [3.8, 4) is 0 Å². The number of aromatic nitrogens is 3. The minimum Gasteiger partial charge on any atom is -0.379 e. The zero-order valence-electron chi connectivity index (χ0n) is 10.8. The number of nitrogens with one attached hydrogen (secondary N) is 1. The Kier molecular flexibility index (Phi) is 4.01. The van der Waals surface area contributed by atoms with Crippen molar-refractivity contribution in [3.63, 3.8) is 0 Å². The van der Waals surface area contributed by atoms with E-state index >= 15 is 0 Å². The summed E-state index contributed by atoms with van der Waals surface area (Å²) >= 11 is 3.36. The van der Waals surface area contributed by atoms with E-state index in [1.165, 1.54) is 5.56 Å². The molecular formula is C13H17BrN4. The largest absolute Gasteiger partial charge is 0.379 e. The third kappa shape index (κ3) is 3.10. The Bertz CT molecular complexity index is 534. The highest BCUT2D eigenvalue weighted by Gasteiger charge is 2.03. The molecule has 0 aliphatic heterocycles. The van der Waals surface area contributed by atoms with Gasteiger partial charge in [0, 0.05) is 24.3 Å². The molecule has 0 saturated heterocycles. The van der Waals surface area contributed by atoms with E-state index in [1.54, 1.807) is 0 Å². The topological polar surface area (TPSA) is 42.7 Å². The summed E-state index contributed by atoms with van der Waals surface area (Å²) in [6.07, 6.45) is 3.97. The van der Waals surface area contributed by atoms with E-state index in [9.17, 15) is 0 Å². The maximum absolute atomic E-state index is 4.35. The lowest BCUT2D eigenvalue weighted by molar-refractivity contribution is 0.532. The molecule has 18 heavy (non-hydrogen) atoms. The smallest absolute Gasteiger partial charge is 0.106 e. The normalized spacial score (nSPS) is 10.9. The summed E-state index contributed by atoms with van der Waals surface area (Å²) in [6.45, 7) is 6.99. The summed E-state index contributed by atoms with van der Waals surface area (Å²) in [5, 5.41) is 7.69. The molecular weight excluding hydrogens is 292 g/mol. The van der Waals surface area contributed by atoms with Crippen LogP contribution in [0.15, 0.2) is 29.1 Å². The Hall–Kier alpha value is -1.36. The minimum atomic E-state index is 0.398. The van der Waals surface area contributed by atoms with Crippen molar-refractivity contribution >= 4 is 21.6 Å². The highest BCUT2D eigenvalue weighted by Crippen LogP contribution is 2.17. The number of hydrogen-bond acceptors (Lipinski definition) is 3. The minimum absolute atomic E-state index is 0.398. The lowest BCUT2D eigenvalue weighted by Crippen LogP contribution is -2.02. The Morgan fingerprint density at radius 2 is 2.17 bits per heavy atom. The van der Waals surface area contributed by atoms with E-state index in [-0.39, 0.29) is 0 Å². The molecule has 0 atom stereocenters. The molecule has 4 nitrogen and oxygen atoms in total. The van der Waals surface area contributed by atoms with Crippen molar-refractivity contribution < 1.29 is 0 Å². The van der Waals surface area contributed by atoms with Crippen LogP contribution in [0, 0.1) is 6.92 Å². The first-order valence-electron chi connectivity index (χ1n) is 5.96. The predicted octanol–water partition coefficient (Wildman–Crippen LogP) is 3.54. The van der Waals surface area contributed by atoms with E-state index < -0.39 is 0 Å². The van der Waals surface area contributed by atoms with Gasteiger partial charge in [0.05, 0.1) is 17.6 Å². The standard InChI is InChI=1S/C13H17BrN4/c1-9(2)18-8-11(7-16-18)6-15-12-4-5-13(14)17-10(12)3/h4-5,7-9,15H,6H2,1-3H3. The summed E-state index contributed by atoms with van der Waals surface area (Å²) in [7, 11) is 0. The zero-order chi connectivity index (χ0) is 13.1. The second-order valence-electron chi connectivity index (χ2n) is 4.54. The lowest BCUT2D eigenvalue weighted by Gasteiger charge is -2.08. The van der Waals surface area contributed by atoms with Crippen LogP contribution in [-0.4, -0.2) is 14.8 Å². The Morgan fingerprint density at radius 3 is 2.78 bits per heavy atom. The van der Waals surface area contributed by atoms with Crippen molar-refractivity contribution in [1.29, 1.82) is 0 Å². The summed E-state index contributed by atoms with van der Waals surface area (Å²) in [5.74, 6) is 0. The van der Waals surface area contributed by atoms with Gasteiger partial charge >= 0.3 is 0 Å². The van der Waals surface area contributed by atoms with Gasteiger partial charge in [0.2, 0.25) is 0 Å². The van der Waals surface area contributed by atoms with Gasteiger partial charge in [-0.15, -0.1) is 0 Å². The number of hydrogen-bond donors (Lipinski definition) is 1. The van der Waals surface area contributed by atoms with E-state index in [1.807, 2.05) is 29.9 Å². The van der Waals surface area contributed by atoms with E-state index in [0.717, 1.165) is 22.5 Å². The molecule has 2 aromatic heterocycles. The van der Waals surface area contributed by atoms with Crippen LogP contribution in [0.4, 0.5) is 5.69 Å². The van der Waals surface area contributed by atoms with Gasteiger partial charge < -0.3 is 5.32 Å². The van der Waals surface area contributed by atoms with Crippen LogP contribution in [0.2, 0.25) is 0 Å². The summed E-state index contributed by atoms with van der Waals surface area (Å²) in [5.41, 5.74) is 3.21. The molecule has 1 N–H and O–H groups in total. The molecule has 2 heterocycles. The number of aryl methyl sites for hydroxylation is 1. The van der Waals surface area contributed by atoms with E-state index in [2.05, 4.69) is 51.4 Å². The molecule has 2 rings (SSSR count). The van der Waals surface area contributed by atoms with Crippen LogP contribution in [0.1, 0.15) is 31.1 Å². The van der Waals surface area contributed by atoms with Crippen LogP contribution in [0.25, 0.3) is 0 Å². The van der Waals surface area contributed by atoms with E-state index in [4.69, 9.17) is 0 Å². The molecule has 0 unspecified atom stereocenters. The summed E-state index contributed by atoms with van der Waals surface area (Å²) in [4.78, 5) is 4.35. The third-order valence-corrected chi connectivity index (χ3v) is 3.16. The van der Waals surface area contributed by atoms with Gasteiger partial charge in [-0.25, -0.2) is 4.98 Å². The third-order valence-electron chi connectivity index (χ3n) is 2.72. The molecule has 0 radical (unpaired) electrons. The van der Waals surface area contributed by atoms with Crippen LogP contribution in [0.5, 0.6) is 0 Å². The summed E-state index contributed by atoms with van der Waals surface area (Å²) in [6, 6.07) is 4.36. The van der Waals surface area contributed by atoms with Gasteiger partial charge in [-0.2, -0.15) is 5.10 Å². The monoisotopic (exact) mass is 308 g/mol. The molecule has 0 aliphatic rings. The Morgan fingerprint density at radius 1 is 1.39 bits per heavy atom. The van der Waals surface area contributed by atoms with Crippen LogP contribution < -0.4 is 5.32 Å². The predicted molar refractivity (Wildman–Crippen MR) is 76.6 cm³/mol. The Balaban J connectivity index is 2.02. The van der Waals surface area contributed by atoms with Gasteiger partial charge in [0.25, 0.3) is 0 Å². The maximum atomic E-state index is 4.35. The molecule has 5 heteroatoms. The zero-order valence-corrected chi connectivity index (χ0v) is 12.4. The fourth-order valence-corrected chi connectivity index (χ4v) is 2.06. The van der Waals surface area contributed by atoms with Crippen molar-refractivity contribution in [1.82, 2.24) is 14.8 Å². The second kappa shape index (κ2) is 5.52. The molecule has 0 bridgehead atoms. The van der Waals surface area contributed by atoms with Crippen LogP contribution >= 0.6 is 15.9 Å². The van der Waals surface area contributed by atoms with Crippen molar-refractivity contribution in [3.05, 3.63) is 40.4 Å². The van der Waals surface area contributed by atoms with Crippen molar-refractivity contribution in [2.45, 2.75) is 33.4 Å². The molecule has 0 aliphatic carbocycles. The Labute approximate surface area is 116 Å².